The van der Waals surface area contributed by atoms with Gasteiger partial charge in [-0.05, 0) is 25.0 Å². The summed E-state index contributed by atoms with van der Waals surface area (Å²) in [7, 11) is 0. The van der Waals surface area contributed by atoms with Gasteiger partial charge in [0.2, 0.25) is 0 Å². The van der Waals surface area contributed by atoms with Crippen molar-refractivity contribution < 1.29 is 4.74 Å². The first-order valence-corrected chi connectivity index (χ1v) is 7.25. The summed E-state index contributed by atoms with van der Waals surface area (Å²) in [4.78, 5) is 0. The molecule has 0 aliphatic carbocycles. The van der Waals surface area contributed by atoms with Crippen molar-refractivity contribution in [2.75, 3.05) is 11.9 Å². The Labute approximate surface area is 115 Å². The van der Waals surface area contributed by atoms with Crippen LogP contribution in [-0.4, -0.2) is 11.9 Å². The summed E-state index contributed by atoms with van der Waals surface area (Å²) in [5.74, 6) is 0.676. The Hall–Kier alpha value is 0.0800. The largest absolute Gasteiger partial charge is 0.492 e. The number of halogens is 3. The summed E-state index contributed by atoms with van der Waals surface area (Å²) in [6, 6.07) is 5.26. The van der Waals surface area contributed by atoms with Crippen LogP contribution in [0.1, 0.15) is 25.7 Å². The summed E-state index contributed by atoms with van der Waals surface area (Å²) in [5, 5.41) is 2.34. The molecule has 4 heteroatoms. The van der Waals surface area contributed by atoms with Crippen LogP contribution in [0.5, 0.6) is 5.75 Å². The first-order valence-electron chi connectivity index (χ1n) is 5.38. The highest BCUT2D eigenvalue weighted by atomic mass is 79.9. The fraction of sp³-hybridized carbons (Fsp3) is 0.500. The lowest BCUT2D eigenvalue weighted by atomic mass is 10.2. The minimum Gasteiger partial charge on any atom is -0.492 e. The number of hydrogen-bond donors (Lipinski definition) is 0. The second-order valence-electron chi connectivity index (χ2n) is 3.53. The van der Waals surface area contributed by atoms with E-state index in [1.807, 2.05) is 0 Å². The van der Waals surface area contributed by atoms with Crippen LogP contribution in [-0.2, 0) is 0 Å². The van der Waals surface area contributed by atoms with E-state index in [-0.39, 0.29) is 0 Å². The Morgan fingerprint density at radius 2 is 1.81 bits per heavy atom. The summed E-state index contributed by atoms with van der Waals surface area (Å²) in [6.07, 6.45) is 4.69. The van der Waals surface area contributed by atoms with Crippen molar-refractivity contribution >= 4 is 39.1 Å². The first kappa shape index (κ1) is 14.1. The summed E-state index contributed by atoms with van der Waals surface area (Å²) >= 11 is 15.2. The standard InChI is InChI=1S/C12H15BrCl2O/c13-7-3-1-2-4-8-16-12-9-10(14)5-6-11(12)15/h5-6,9H,1-4,7-8H2. The molecule has 0 aliphatic heterocycles. The Morgan fingerprint density at radius 3 is 2.56 bits per heavy atom. The molecule has 0 radical (unpaired) electrons. The SMILES string of the molecule is Clc1ccc(Cl)c(OCCCCCCBr)c1. The number of benzene rings is 1. The molecule has 0 amide bonds. The second kappa shape index (κ2) is 8.21. The molecular weight excluding hydrogens is 311 g/mol. The van der Waals surface area contributed by atoms with Gasteiger partial charge in [0, 0.05) is 16.4 Å². The molecule has 1 aromatic rings. The van der Waals surface area contributed by atoms with E-state index in [4.69, 9.17) is 27.9 Å². The fourth-order valence-electron chi connectivity index (χ4n) is 1.32. The van der Waals surface area contributed by atoms with Crippen molar-refractivity contribution in [2.45, 2.75) is 25.7 Å². The van der Waals surface area contributed by atoms with E-state index >= 15 is 0 Å². The smallest absolute Gasteiger partial charge is 0.139 e. The molecule has 0 spiro atoms. The van der Waals surface area contributed by atoms with Gasteiger partial charge in [0.15, 0.2) is 0 Å². The maximum atomic E-state index is 5.97. The molecule has 16 heavy (non-hydrogen) atoms. The molecule has 0 saturated heterocycles. The fourth-order valence-corrected chi connectivity index (χ4v) is 2.05. The van der Waals surface area contributed by atoms with Gasteiger partial charge in [0.05, 0.1) is 11.6 Å². The van der Waals surface area contributed by atoms with Gasteiger partial charge in [-0.25, -0.2) is 0 Å². The predicted octanol–water partition coefficient (Wildman–Crippen LogP) is 5.33. The lowest BCUT2D eigenvalue weighted by molar-refractivity contribution is 0.305. The number of alkyl halides is 1. The normalized spacial score (nSPS) is 10.4. The van der Waals surface area contributed by atoms with Crippen LogP contribution < -0.4 is 4.74 Å². The van der Waals surface area contributed by atoms with E-state index in [1.54, 1.807) is 18.2 Å². The molecular formula is C12H15BrCl2O. The van der Waals surface area contributed by atoms with Gasteiger partial charge in [0.1, 0.15) is 5.75 Å². The molecule has 0 aliphatic rings. The lowest BCUT2D eigenvalue weighted by Gasteiger charge is -2.08. The van der Waals surface area contributed by atoms with E-state index in [0.717, 1.165) is 11.8 Å². The number of rotatable bonds is 7. The summed E-state index contributed by atoms with van der Waals surface area (Å²) in [6.45, 7) is 0.697. The first-order chi connectivity index (χ1) is 7.74. The van der Waals surface area contributed by atoms with Gasteiger partial charge in [-0.3, -0.25) is 0 Å². The molecule has 0 unspecified atom stereocenters. The zero-order valence-corrected chi connectivity index (χ0v) is 12.1. The third-order valence-electron chi connectivity index (χ3n) is 2.18. The number of unbranched alkanes of at least 4 members (excludes halogenated alkanes) is 3. The topological polar surface area (TPSA) is 9.23 Å². The molecule has 0 bridgehead atoms. The lowest BCUT2D eigenvalue weighted by Crippen LogP contribution is -1.97. The van der Waals surface area contributed by atoms with Crippen LogP contribution in [0.3, 0.4) is 0 Å². The quantitative estimate of drug-likeness (QED) is 0.486. The second-order valence-corrected chi connectivity index (χ2v) is 5.16. The van der Waals surface area contributed by atoms with E-state index in [0.29, 0.717) is 22.4 Å². The average Bonchev–Trinajstić information content (AvgIpc) is 2.28. The predicted molar refractivity (Wildman–Crippen MR) is 74.2 cm³/mol. The molecule has 0 N–H and O–H groups in total. The maximum Gasteiger partial charge on any atom is 0.139 e. The average molecular weight is 326 g/mol. The Morgan fingerprint density at radius 1 is 1.06 bits per heavy atom. The van der Waals surface area contributed by atoms with Crippen molar-refractivity contribution in [2.24, 2.45) is 0 Å². The van der Waals surface area contributed by atoms with E-state index in [9.17, 15) is 0 Å². The van der Waals surface area contributed by atoms with Crippen LogP contribution in [0, 0.1) is 0 Å². The van der Waals surface area contributed by atoms with Crippen molar-refractivity contribution in [3.8, 4) is 5.75 Å². The van der Waals surface area contributed by atoms with Gasteiger partial charge >= 0.3 is 0 Å². The summed E-state index contributed by atoms with van der Waals surface area (Å²) < 4.78 is 5.57. The van der Waals surface area contributed by atoms with Gasteiger partial charge in [-0.2, -0.15) is 0 Å². The highest BCUT2D eigenvalue weighted by molar-refractivity contribution is 9.09. The molecule has 90 valence electrons. The number of ether oxygens (including phenoxy) is 1. The molecule has 1 nitrogen and oxygen atoms in total. The van der Waals surface area contributed by atoms with Crippen LogP contribution in [0.2, 0.25) is 10.0 Å². The minimum atomic E-state index is 0.616. The molecule has 0 heterocycles. The van der Waals surface area contributed by atoms with Gasteiger partial charge < -0.3 is 4.74 Å². The molecule has 0 aromatic heterocycles. The highest BCUT2D eigenvalue weighted by Gasteiger charge is 2.01. The maximum absolute atomic E-state index is 5.97. The van der Waals surface area contributed by atoms with E-state index in [1.165, 1.54) is 19.3 Å². The monoisotopic (exact) mass is 324 g/mol. The van der Waals surface area contributed by atoms with Crippen LogP contribution >= 0.6 is 39.1 Å². The molecule has 0 atom stereocenters. The molecule has 1 rings (SSSR count). The van der Waals surface area contributed by atoms with Crippen LogP contribution in [0.15, 0.2) is 18.2 Å². The summed E-state index contributed by atoms with van der Waals surface area (Å²) in [5.41, 5.74) is 0. The van der Waals surface area contributed by atoms with E-state index < -0.39 is 0 Å². The zero-order chi connectivity index (χ0) is 11.8. The minimum absolute atomic E-state index is 0.616. The third kappa shape index (κ3) is 5.42. The van der Waals surface area contributed by atoms with Crippen LogP contribution in [0.4, 0.5) is 0 Å². The van der Waals surface area contributed by atoms with Crippen molar-refractivity contribution in [3.05, 3.63) is 28.2 Å². The van der Waals surface area contributed by atoms with Crippen molar-refractivity contribution in [1.82, 2.24) is 0 Å². The highest BCUT2D eigenvalue weighted by Crippen LogP contribution is 2.27. The Balaban J connectivity index is 2.23. The van der Waals surface area contributed by atoms with Gasteiger partial charge in [0.25, 0.3) is 0 Å². The number of hydrogen-bond acceptors (Lipinski definition) is 1. The van der Waals surface area contributed by atoms with E-state index in [2.05, 4.69) is 15.9 Å². The zero-order valence-electron chi connectivity index (χ0n) is 9.02. The van der Waals surface area contributed by atoms with Gasteiger partial charge in [-0.15, -0.1) is 0 Å². The molecule has 0 fully saturated rings. The van der Waals surface area contributed by atoms with Crippen molar-refractivity contribution in [3.63, 3.8) is 0 Å². The molecule has 1 aromatic carbocycles. The molecule has 0 saturated carbocycles. The van der Waals surface area contributed by atoms with Crippen LogP contribution in [0.25, 0.3) is 0 Å². The van der Waals surface area contributed by atoms with Crippen molar-refractivity contribution in [1.29, 1.82) is 0 Å². The van der Waals surface area contributed by atoms with Gasteiger partial charge in [-0.1, -0.05) is 52.0 Å². The third-order valence-corrected chi connectivity index (χ3v) is 3.29. The Kier molecular flexibility index (Phi) is 7.26. The Bertz CT molecular complexity index is 318.